The number of benzene rings is 8. The quantitative estimate of drug-likeness (QED) is 0.0222. The van der Waals surface area contributed by atoms with Crippen LogP contribution in [-0.2, 0) is 57.5 Å². The van der Waals surface area contributed by atoms with Crippen molar-refractivity contribution >= 4 is 115 Å². The largest absolute Gasteiger partial charge is 0.419 e. The maximum atomic E-state index is 12.3. The van der Waals surface area contributed by atoms with Crippen LogP contribution < -0.4 is 56.8 Å². The second-order valence-corrected chi connectivity index (χ2v) is 25.6. The number of fused-ring (bicyclic) bond motifs is 5. The van der Waals surface area contributed by atoms with E-state index in [1.165, 1.54) is 138 Å². The number of carbonyl (C=O) groups excluding carboxylic acids is 12. The maximum Gasteiger partial charge on any atom is 0.338 e. The molecule has 574 valence electrons. The Balaban J connectivity index is 0.000000263. The Morgan fingerprint density at radius 1 is 0.170 bits per heavy atom. The fraction of sp³-hybridized carbons (Fsp3) is 0.136. The van der Waals surface area contributed by atoms with E-state index in [4.69, 9.17) is 56.8 Å². The van der Waals surface area contributed by atoms with Gasteiger partial charge in [0.25, 0.3) is 0 Å². The molecule has 0 unspecified atom stereocenters. The number of carbonyl (C=O) groups is 12. The SMILES string of the molecule is C=C(C)C(=O)Oc1cc2cc(OC(=O)C(=C)C)c(OC(=O)C(=C)C)cc2cc1OC(=O)C(=C)C.C=C(C)C(=O)Oc1cc2ccc3cc(OC(=O)C(=C)C)c(OC(=O)C(=C)C)cc3c2cc1OC(=O)C(=C)C.C=C(C)C(=O)Oc1ccc(-c2ccc3cc(OC(=O)C(=C)C)c(OC(=O)C(=C)C)cc3c2)cc1OC(=O)C(=C)C. The summed E-state index contributed by atoms with van der Waals surface area (Å²) in [6.07, 6.45) is 0. The van der Waals surface area contributed by atoms with Crippen molar-refractivity contribution in [3.63, 3.8) is 0 Å². The monoisotopic (exact) mass is 1520 g/mol. The molecule has 0 radical (unpaired) electrons. The third-order valence-electron chi connectivity index (χ3n) is 14.7. The van der Waals surface area contributed by atoms with Crippen molar-refractivity contribution < 1.29 is 114 Å². The van der Waals surface area contributed by atoms with Gasteiger partial charge in [0.15, 0.2) is 69.0 Å². The molecule has 0 saturated heterocycles. The standard InChI is InChI=1S/C32H28O8.C30H26O8.C26H24O8/c1-17(2)29(33)37-25-12-11-22(14-26(25)38-30(34)18(3)4)21-9-10-23-15-27(39-31(35)19(5)6)28(16-24(23)13-21)40-32(36)20(7)8;1-15(2)27(31)35-23-11-19-9-10-20-12-24(36-28(32)16(3)4)26(38-30(34)18(7)8)14-22(20)21(19)13-25(23)37-29(33)17(5)6;1-13(2)23(27)31-19-9-17-11-21(33-25(29)15(5)6)22(34-26(30)16(7)8)12-18(17)10-20(19)32-24(28)14(3)4/h9-16H,1,3,5,7H2,2,4,6,8H3;9-14H,1,3,5,7H2,2,4,6,8H3;9-12H,1,3,5,7H2,2,4,6,8H3. The first-order valence-electron chi connectivity index (χ1n) is 33.3. The lowest BCUT2D eigenvalue weighted by atomic mass is 10.0. The number of ether oxygens (including phenoxy) is 12. The van der Waals surface area contributed by atoms with E-state index in [1.807, 2.05) is 0 Å². The molecule has 0 aromatic heterocycles. The average Bonchev–Trinajstić information content (AvgIpc) is 0.782. The lowest BCUT2D eigenvalue weighted by Gasteiger charge is -2.15. The van der Waals surface area contributed by atoms with Gasteiger partial charge < -0.3 is 56.8 Å². The molecule has 8 aromatic rings. The number of esters is 12. The van der Waals surface area contributed by atoms with Crippen LogP contribution in [-0.4, -0.2) is 71.6 Å². The molecule has 0 aliphatic rings. The summed E-state index contributed by atoms with van der Waals surface area (Å²) in [5.41, 5.74) is 3.06. The Kier molecular flexibility index (Phi) is 28.7. The van der Waals surface area contributed by atoms with Crippen LogP contribution in [0.15, 0.2) is 255 Å². The minimum absolute atomic E-state index is 0.000363. The maximum absolute atomic E-state index is 12.3. The van der Waals surface area contributed by atoms with E-state index in [1.54, 1.807) is 54.6 Å². The summed E-state index contributed by atoms with van der Waals surface area (Å²) in [5.74, 6) is -8.84. The van der Waals surface area contributed by atoms with Crippen LogP contribution in [0.1, 0.15) is 83.1 Å². The minimum Gasteiger partial charge on any atom is -0.419 e. The van der Waals surface area contributed by atoms with Crippen molar-refractivity contribution in [1.82, 2.24) is 0 Å². The van der Waals surface area contributed by atoms with Gasteiger partial charge in [0.05, 0.1) is 0 Å². The zero-order valence-corrected chi connectivity index (χ0v) is 63.7. The Bertz CT molecular complexity index is 5260. The van der Waals surface area contributed by atoms with E-state index in [-0.39, 0.29) is 136 Å². The van der Waals surface area contributed by atoms with Crippen LogP contribution >= 0.6 is 0 Å². The number of hydrogen-bond acceptors (Lipinski definition) is 24. The smallest absolute Gasteiger partial charge is 0.338 e. The number of hydrogen-bond donors (Lipinski definition) is 0. The molecule has 0 fully saturated rings. The zero-order valence-electron chi connectivity index (χ0n) is 63.7. The highest BCUT2D eigenvalue weighted by Crippen LogP contribution is 2.44. The van der Waals surface area contributed by atoms with Crippen molar-refractivity contribution in [2.45, 2.75) is 83.1 Å². The van der Waals surface area contributed by atoms with Crippen molar-refractivity contribution in [2.24, 2.45) is 0 Å². The van der Waals surface area contributed by atoms with Crippen LogP contribution in [0.2, 0.25) is 0 Å². The average molecular weight is 1520 g/mol. The highest BCUT2D eigenvalue weighted by molar-refractivity contribution is 6.11. The Morgan fingerprint density at radius 3 is 0.545 bits per heavy atom. The summed E-state index contributed by atoms with van der Waals surface area (Å²) in [6.45, 7) is 60.5. The molecular weight excluding hydrogens is 1440 g/mol. The molecule has 0 saturated carbocycles. The molecule has 0 aliphatic heterocycles. The lowest BCUT2D eigenvalue weighted by Crippen LogP contribution is -2.13. The number of rotatable bonds is 25. The highest BCUT2D eigenvalue weighted by atomic mass is 16.6. The first-order valence-corrected chi connectivity index (χ1v) is 33.3. The fourth-order valence-corrected chi connectivity index (χ4v) is 8.67. The van der Waals surface area contributed by atoms with Crippen LogP contribution in [0, 0.1) is 0 Å². The van der Waals surface area contributed by atoms with Crippen LogP contribution in [0.4, 0.5) is 0 Å². The molecule has 0 spiro atoms. The van der Waals surface area contributed by atoms with E-state index < -0.39 is 71.6 Å². The van der Waals surface area contributed by atoms with Crippen LogP contribution in [0.3, 0.4) is 0 Å². The van der Waals surface area contributed by atoms with E-state index >= 15 is 0 Å². The molecule has 24 nitrogen and oxygen atoms in total. The summed E-state index contributed by atoms with van der Waals surface area (Å²) in [6, 6.07) is 28.4. The Hall–Kier alpha value is -14.7. The van der Waals surface area contributed by atoms with Crippen LogP contribution in [0.5, 0.6) is 69.0 Å². The van der Waals surface area contributed by atoms with Gasteiger partial charge in [-0.1, -0.05) is 109 Å². The molecular formula is C88H78O24. The predicted octanol–water partition coefficient (Wildman–Crippen LogP) is 17.1. The molecule has 8 rings (SSSR count). The highest BCUT2D eigenvalue weighted by Gasteiger charge is 2.26. The second kappa shape index (κ2) is 37.2. The van der Waals surface area contributed by atoms with Gasteiger partial charge in [0.2, 0.25) is 0 Å². The zero-order chi connectivity index (χ0) is 83.8. The topological polar surface area (TPSA) is 316 Å². The summed E-state index contributed by atoms with van der Waals surface area (Å²) < 4.78 is 64.6. The van der Waals surface area contributed by atoms with Gasteiger partial charge >= 0.3 is 71.6 Å². The summed E-state index contributed by atoms with van der Waals surface area (Å²) in [7, 11) is 0. The van der Waals surface area contributed by atoms with Gasteiger partial charge in [-0.05, 0) is 216 Å². The predicted molar refractivity (Wildman–Crippen MR) is 420 cm³/mol. The van der Waals surface area contributed by atoms with E-state index in [2.05, 4.69) is 78.9 Å². The molecule has 0 heterocycles. The minimum atomic E-state index is -0.743. The summed E-state index contributed by atoms with van der Waals surface area (Å²) in [4.78, 5) is 146. The third-order valence-corrected chi connectivity index (χ3v) is 14.7. The van der Waals surface area contributed by atoms with Gasteiger partial charge in [-0.3, -0.25) is 0 Å². The third kappa shape index (κ3) is 22.9. The Labute approximate surface area is 644 Å². The summed E-state index contributed by atoms with van der Waals surface area (Å²) in [5, 5.41) is 4.51. The van der Waals surface area contributed by atoms with Gasteiger partial charge in [0, 0.05) is 66.9 Å². The van der Waals surface area contributed by atoms with Crippen molar-refractivity contribution in [3.8, 4) is 80.1 Å². The van der Waals surface area contributed by atoms with Crippen LogP contribution in [0.25, 0.3) is 54.2 Å². The molecule has 8 aromatic carbocycles. The van der Waals surface area contributed by atoms with E-state index in [9.17, 15) is 57.5 Å². The van der Waals surface area contributed by atoms with Crippen molar-refractivity contribution in [2.75, 3.05) is 0 Å². The van der Waals surface area contributed by atoms with Gasteiger partial charge in [-0.25, -0.2) is 57.5 Å². The van der Waals surface area contributed by atoms with Crippen molar-refractivity contribution in [3.05, 3.63) is 255 Å². The van der Waals surface area contributed by atoms with Gasteiger partial charge in [-0.2, -0.15) is 0 Å². The van der Waals surface area contributed by atoms with E-state index in [0.717, 1.165) is 0 Å². The first kappa shape index (κ1) is 86.2. The normalized spacial score (nSPS) is 10.3. The fourth-order valence-electron chi connectivity index (χ4n) is 8.67. The molecule has 0 bridgehead atoms. The molecule has 112 heavy (non-hydrogen) atoms. The van der Waals surface area contributed by atoms with Crippen molar-refractivity contribution in [1.29, 1.82) is 0 Å². The second-order valence-electron chi connectivity index (χ2n) is 25.6. The van der Waals surface area contributed by atoms with Gasteiger partial charge in [0.1, 0.15) is 0 Å². The molecule has 0 aliphatic carbocycles. The van der Waals surface area contributed by atoms with Gasteiger partial charge in [-0.15, -0.1) is 0 Å². The lowest BCUT2D eigenvalue weighted by molar-refractivity contribution is -0.132. The molecule has 0 amide bonds. The molecule has 0 atom stereocenters. The Morgan fingerprint density at radius 2 is 0.321 bits per heavy atom. The van der Waals surface area contributed by atoms with E-state index in [0.29, 0.717) is 54.2 Å². The summed E-state index contributed by atoms with van der Waals surface area (Å²) >= 11 is 0. The first-order chi connectivity index (χ1) is 52.3. The molecule has 0 N–H and O–H groups in total. The molecule has 24 heteroatoms.